The standard InChI is InChI=1S/C21H35IO7S/c22-28-8-6-26-5-7-27-21(23)18-3-1-2-4-19(18)30(24,25)29-20-16-10-14-9-15(12-16)13-17(20)11-14/h14-21,23H,1-13H2. The van der Waals surface area contributed by atoms with Crippen LogP contribution in [0.25, 0.3) is 0 Å². The van der Waals surface area contributed by atoms with Crippen molar-refractivity contribution < 1.29 is 30.2 Å². The highest BCUT2D eigenvalue weighted by atomic mass is 127. The number of hydrogen-bond donors (Lipinski definition) is 1. The van der Waals surface area contributed by atoms with Crippen molar-refractivity contribution in [1.82, 2.24) is 0 Å². The Kier molecular flexibility index (Phi) is 8.36. The van der Waals surface area contributed by atoms with Gasteiger partial charge in [-0.15, -0.1) is 0 Å². The molecule has 0 aromatic heterocycles. The molecule has 3 unspecified atom stereocenters. The summed E-state index contributed by atoms with van der Waals surface area (Å²) < 4.78 is 48.4. The fourth-order valence-corrected chi connectivity index (χ4v) is 8.71. The molecule has 9 heteroatoms. The maximum Gasteiger partial charge on any atom is 0.270 e. The Hall–Kier alpha value is 0.480. The Morgan fingerprint density at radius 3 is 2.20 bits per heavy atom. The van der Waals surface area contributed by atoms with Crippen molar-refractivity contribution in [2.45, 2.75) is 75.4 Å². The number of ether oxygens (including phenoxy) is 2. The molecule has 0 aliphatic heterocycles. The third-order valence-corrected chi connectivity index (χ3v) is 9.96. The van der Waals surface area contributed by atoms with E-state index in [1.807, 2.05) is 23.0 Å². The summed E-state index contributed by atoms with van der Waals surface area (Å²) in [6, 6.07) is 0. The highest BCUT2D eigenvalue weighted by Crippen LogP contribution is 2.55. The van der Waals surface area contributed by atoms with Gasteiger partial charge in [-0.2, -0.15) is 8.42 Å². The summed E-state index contributed by atoms with van der Waals surface area (Å²) in [6.45, 7) is 1.52. The van der Waals surface area contributed by atoms with Gasteiger partial charge in [0.1, 0.15) is 23.0 Å². The molecule has 0 radical (unpaired) electrons. The van der Waals surface area contributed by atoms with E-state index in [0.717, 1.165) is 50.4 Å². The van der Waals surface area contributed by atoms with Crippen molar-refractivity contribution in [1.29, 1.82) is 0 Å². The third-order valence-electron chi connectivity index (χ3n) is 7.70. The van der Waals surface area contributed by atoms with Crippen molar-refractivity contribution in [3.63, 3.8) is 0 Å². The molecule has 0 aromatic carbocycles. The van der Waals surface area contributed by atoms with Gasteiger partial charge < -0.3 is 17.6 Å². The molecule has 174 valence electrons. The van der Waals surface area contributed by atoms with Crippen molar-refractivity contribution in [2.75, 3.05) is 26.4 Å². The molecule has 0 amide bonds. The molecule has 0 spiro atoms. The van der Waals surface area contributed by atoms with Gasteiger partial charge in [0.2, 0.25) is 0 Å². The fraction of sp³-hybridized carbons (Fsp3) is 1.00. The monoisotopic (exact) mass is 558 g/mol. The van der Waals surface area contributed by atoms with Crippen LogP contribution in [-0.4, -0.2) is 57.6 Å². The first-order valence-electron chi connectivity index (χ1n) is 11.5. The first-order chi connectivity index (χ1) is 14.5. The first kappa shape index (κ1) is 23.6. The maximum atomic E-state index is 13.3. The topological polar surface area (TPSA) is 91.3 Å². The van der Waals surface area contributed by atoms with Crippen LogP contribution in [0.4, 0.5) is 0 Å². The minimum Gasteiger partial charge on any atom is -0.377 e. The van der Waals surface area contributed by atoms with Gasteiger partial charge in [-0.25, -0.2) is 0 Å². The highest BCUT2D eigenvalue weighted by molar-refractivity contribution is 14.1. The van der Waals surface area contributed by atoms with Crippen LogP contribution >= 0.6 is 23.0 Å². The summed E-state index contributed by atoms with van der Waals surface area (Å²) in [7, 11) is -3.75. The normalized spacial score (nSPS) is 39.3. The Morgan fingerprint density at radius 1 is 0.900 bits per heavy atom. The minimum absolute atomic E-state index is 0.156. The molecular formula is C21H35IO7S. The lowest BCUT2D eigenvalue weighted by Gasteiger charge is -2.53. The van der Waals surface area contributed by atoms with Crippen molar-refractivity contribution in [3.05, 3.63) is 0 Å². The van der Waals surface area contributed by atoms with E-state index in [0.29, 0.717) is 44.5 Å². The molecule has 0 heterocycles. The van der Waals surface area contributed by atoms with E-state index in [-0.39, 0.29) is 12.7 Å². The van der Waals surface area contributed by atoms with Gasteiger partial charge in [0.25, 0.3) is 10.1 Å². The SMILES string of the molecule is O=S(=O)(OC1C2CC3CC(C2)CC1C3)C1CCCCC1C(O)OCCOCCOI. The second kappa shape index (κ2) is 10.6. The summed E-state index contributed by atoms with van der Waals surface area (Å²) >= 11 is 1.81. The molecule has 5 rings (SSSR count). The van der Waals surface area contributed by atoms with Gasteiger partial charge >= 0.3 is 0 Å². The van der Waals surface area contributed by atoms with E-state index in [1.165, 1.54) is 6.42 Å². The summed E-state index contributed by atoms with van der Waals surface area (Å²) in [4.78, 5) is 0. The van der Waals surface area contributed by atoms with Crippen LogP contribution in [0.15, 0.2) is 0 Å². The van der Waals surface area contributed by atoms with Crippen LogP contribution in [0.1, 0.15) is 57.8 Å². The Balaban J connectivity index is 1.33. The second-order valence-electron chi connectivity index (χ2n) is 9.66. The van der Waals surface area contributed by atoms with E-state index < -0.39 is 27.6 Å². The van der Waals surface area contributed by atoms with Gasteiger partial charge in [0.05, 0.1) is 37.8 Å². The Bertz CT molecular complexity index is 630. The zero-order valence-corrected chi connectivity index (χ0v) is 20.5. The van der Waals surface area contributed by atoms with E-state index in [2.05, 4.69) is 0 Å². The van der Waals surface area contributed by atoms with Crippen LogP contribution in [0, 0.1) is 29.6 Å². The lowest BCUT2D eigenvalue weighted by Crippen LogP contribution is -2.51. The number of hydrogen-bond acceptors (Lipinski definition) is 7. The molecule has 5 saturated carbocycles. The quantitative estimate of drug-likeness (QED) is 0.180. The molecule has 3 atom stereocenters. The lowest BCUT2D eigenvalue weighted by atomic mass is 9.55. The number of aliphatic hydroxyl groups is 1. The summed E-state index contributed by atoms with van der Waals surface area (Å²) in [5.74, 6) is 1.89. The average molecular weight is 558 g/mol. The minimum atomic E-state index is -3.75. The number of rotatable bonds is 11. The predicted molar refractivity (Wildman–Crippen MR) is 119 cm³/mol. The predicted octanol–water partition coefficient (Wildman–Crippen LogP) is 3.43. The largest absolute Gasteiger partial charge is 0.377 e. The smallest absolute Gasteiger partial charge is 0.270 e. The zero-order valence-electron chi connectivity index (χ0n) is 17.5. The molecule has 7 nitrogen and oxygen atoms in total. The van der Waals surface area contributed by atoms with E-state index in [4.69, 9.17) is 16.7 Å². The molecule has 1 N–H and O–H groups in total. The summed E-state index contributed by atoms with van der Waals surface area (Å²) in [5, 5.41) is 9.91. The molecule has 5 fully saturated rings. The molecule has 4 bridgehead atoms. The number of aliphatic hydroxyl groups excluding tert-OH is 1. The molecule has 0 aromatic rings. The van der Waals surface area contributed by atoms with Crippen molar-refractivity contribution in [2.24, 2.45) is 29.6 Å². The highest BCUT2D eigenvalue weighted by Gasteiger charge is 2.51. The molecule has 5 aliphatic carbocycles. The molecule has 5 aliphatic rings. The van der Waals surface area contributed by atoms with Gasteiger partial charge in [0, 0.05) is 5.92 Å². The van der Waals surface area contributed by atoms with E-state index in [1.54, 1.807) is 0 Å². The van der Waals surface area contributed by atoms with Crippen molar-refractivity contribution >= 4 is 33.1 Å². The van der Waals surface area contributed by atoms with Gasteiger partial charge in [-0.1, -0.05) is 12.8 Å². The van der Waals surface area contributed by atoms with Crippen LogP contribution in [0.3, 0.4) is 0 Å². The lowest BCUT2D eigenvalue weighted by molar-refractivity contribution is -0.149. The van der Waals surface area contributed by atoms with Crippen molar-refractivity contribution in [3.8, 4) is 0 Å². The molecule has 0 saturated heterocycles. The van der Waals surface area contributed by atoms with Crippen LogP contribution in [-0.2, 0) is 26.8 Å². The van der Waals surface area contributed by atoms with Gasteiger partial charge in [0.15, 0.2) is 6.29 Å². The summed E-state index contributed by atoms with van der Waals surface area (Å²) in [6.07, 6.45) is 7.46. The summed E-state index contributed by atoms with van der Waals surface area (Å²) in [5.41, 5.74) is 0. The fourth-order valence-electron chi connectivity index (χ4n) is 6.61. The van der Waals surface area contributed by atoms with Crippen LogP contribution < -0.4 is 0 Å². The Morgan fingerprint density at radius 2 is 1.53 bits per heavy atom. The Labute approximate surface area is 194 Å². The maximum absolute atomic E-state index is 13.3. The van der Waals surface area contributed by atoms with Crippen LogP contribution in [0.5, 0.6) is 0 Å². The molecule has 30 heavy (non-hydrogen) atoms. The average Bonchev–Trinajstić information content (AvgIpc) is 2.72. The van der Waals surface area contributed by atoms with Crippen LogP contribution in [0.2, 0.25) is 0 Å². The zero-order chi connectivity index (χ0) is 21.1. The number of halogens is 1. The van der Waals surface area contributed by atoms with E-state index in [9.17, 15) is 13.5 Å². The third kappa shape index (κ3) is 5.51. The second-order valence-corrected chi connectivity index (χ2v) is 12.1. The molecular weight excluding hydrogens is 523 g/mol. The van der Waals surface area contributed by atoms with Gasteiger partial charge in [-0.05, 0) is 68.6 Å². The van der Waals surface area contributed by atoms with Gasteiger partial charge in [-0.3, -0.25) is 4.18 Å². The van der Waals surface area contributed by atoms with E-state index >= 15 is 0 Å². The first-order valence-corrected chi connectivity index (χ1v) is 13.9.